The van der Waals surface area contributed by atoms with Gasteiger partial charge in [-0.05, 0) is 47.8 Å². The first-order chi connectivity index (χ1) is 16.3. The number of hydrogen-bond donors (Lipinski definition) is 1. The van der Waals surface area contributed by atoms with E-state index in [-0.39, 0.29) is 28.5 Å². The molecule has 0 radical (unpaired) electrons. The average molecular weight is 488 g/mol. The summed E-state index contributed by atoms with van der Waals surface area (Å²) < 4.78 is 33.6. The van der Waals surface area contributed by atoms with Gasteiger partial charge in [0.25, 0.3) is 17.7 Å². The van der Waals surface area contributed by atoms with Gasteiger partial charge in [-0.2, -0.15) is 8.78 Å². The molecule has 0 bridgehead atoms. The maximum absolute atomic E-state index is 12.6. The molecule has 34 heavy (non-hydrogen) atoms. The number of para-hydroxylation sites is 1. The standard InChI is InChI=1S/C23H18F2N2O6S/c1-27(21(30)18-7-4-12-34-18)17-6-3-2-5-16(17)22(31)32-13-19(28)26-20(29)14-8-10-15(11-9-14)33-23(24)25/h2-12,23H,13H2,1H3,(H,26,28,29). The lowest BCUT2D eigenvalue weighted by atomic mass is 10.1. The summed E-state index contributed by atoms with van der Waals surface area (Å²) in [6.07, 6.45) is 0. The number of nitrogens with one attached hydrogen (secondary N) is 1. The van der Waals surface area contributed by atoms with Gasteiger partial charge in [0.2, 0.25) is 0 Å². The molecule has 0 fully saturated rings. The summed E-state index contributed by atoms with van der Waals surface area (Å²) in [4.78, 5) is 51.2. The molecule has 0 spiro atoms. The molecule has 0 aliphatic carbocycles. The van der Waals surface area contributed by atoms with Crippen LogP contribution in [-0.4, -0.2) is 44.0 Å². The lowest BCUT2D eigenvalue weighted by Crippen LogP contribution is -2.34. The van der Waals surface area contributed by atoms with Crippen LogP contribution >= 0.6 is 11.3 Å². The molecular weight excluding hydrogens is 470 g/mol. The fourth-order valence-electron chi connectivity index (χ4n) is 2.85. The van der Waals surface area contributed by atoms with Crippen molar-refractivity contribution in [2.24, 2.45) is 0 Å². The summed E-state index contributed by atoms with van der Waals surface area (Å²) in [7, 11) is 1.51. The second-order valence-electron chi connectivity index (χ2n) is 6.71. The largest absolute Gasteiger partial charge is 0.452 e. The molecule has 2 aromatic carbocycles. The Morgan fingerprint density at radius 3 is 2.35 bits per heavy atom. The second kappa shape index (κ2) is 11.1. The quantitative estimate of drug-likeness (QED) is 0.485. The monoisotopic (exact) mass is 488 g/mol. The zero-order valence-corrected chi connectivity index (χ0v) is 18.5. The minimum Gasteiger partial charge on any atom is -0.452 e. The molecule has 3 aromatic rings. The van der Waals surface area contributed by atoms with Gasteiger partial charge in [0.05, 0.1) is 16.1 Å². The summed E-state index contributed by atoms with van der Waals surface area (Å²) in [6, 6.07) is 14.3. The Kier molecular flexibility index (Phi) is 8.04. The Hall–Kier alpha value is -4.12. The van der Waals surface area contributed by atoms with Gasteiger partial charge in [0, 0.05) is 12.6 Å². The highest BCUT2D eigenvalue weighted by molar-refractivity contribution is 7.12. The first-order valence-electron chi connectivity index (χ1n) is 9.73. The van der Waals surface area contributed by atoms with E-state index < -0.39 is 31.0 Å². The van der Waals surface area contributed by atoms with E-state index in [9.17, 15) is 28.0 Å². The van der Waals surface area contributed by atoms with Crippen molar-refractivity contribution < 1.29 is 37.4 Å². The first kappa shape index (κ1) is 24.5. The molecule has 11 heteroatoms. The highest BCUT2D eigenvalue weighted by atomic mass is 32.1. The predicted octanol–water partition coefficient (Wildman–Crippen LogP) is 3.74. The molecule has 0 unspecified atom stereocenters. The van der Waals surface area contributed by atoms with Crippen molar-refractivity contribution in [1.82, 2.24) is 5.32 Å². The normalized spacial score (nSPS) is 10.5. The van der Waals surface area contributed by atoms with Gasteiger partial charge in [0.15, 0.2) is 6.61 Å². The Balaban J connectivity index is 1.59. The Morgan fingerprint density at radius 1 is 1.00 bits per heavy atom. The summed E-state index contributed by atoms with van der Waals surface area (Å²) in [5.41, 5.74) is 0.359. The number of hydrogen-bond acceptors (Lipinski definition) is 7. The van der Waals surface area contributed by atoms with Gasteiger partial charge in [0.1, 0.15) is 5.75 Å². The van der Waals surface area contributed by atoms with Crippen LogP contribution in [0.4, 0.5) is 14.5 Å². The maximum Gasteiger partial charge on any atom is 0.387 e. The van der Waals surface area contributed by atoms with Gasteiger partial charge >= 0.3 is 12.6 Å². The Bertz CT molecular complexity index is 1180. The molecule has 3 amide bonds. The number of imide groups is 1. The van der Waals surface area contributed by atoms with Gasteiger partial charge in [-0.3, -0.25) is 19.7 Å². The number of halogens is 2. The number of thiophene rings is 1. The molecule has 176 valence electrons. The van der Waals surface area contributed by atoms with Crippen LogP contribution in [0.25, 0.3) is 0 Å². The van der Waals surface area contributed by atoms with Crippen LogP contribution in [0, 0.1) is 0 Å². The van der Waals surface area contributed by atoms with Gasteiger partial charge in [-0.25, -0.2) is 4.79 Å². The molecule has 8 nitrogen and oxygen atoms in total. The summed E-state index contributed by atoms with van der Waals surface area (Å²) in [6.45, 7) is -3.76. The van der Waals surface area contributed by atoms with E-state index in [1.54, 1.807) is 35.7 Å². The van der Waals surface area contributed by atoms with Crippen LogP contribution in [-0.2, 0) is 9.53 Å². The maximum atomic E-state index is 12.6. The van der Waals surface area contributed by atoms with Gasteiger partial charge < -0.3 is 14.4 Å². The number of alkyl halides is 2. The number of nitrogens with zero attached hydrogens (tertiary/aromatic N) is 1. The zero-order chi connectivity index (χ0) is 24.7. The highest BCUT2D eigenvalue weighted by Crippen LogP contribution is 2.23. The molecule has 0 aliphatic rings. The van der Waals surface area contributed by atoms with Crippen LogP contribution in [0.2, 0.25) is 0 Å². The SMILES string of the molecule is CN(C(=O)c1cccs1)c1ccccc1C(=O)OCC(=O)NC(=O)c1ccc(OC(F)F)cc1. The minimum absolute atomic E-state index is 0.0142. The van der Waals surface area contributed by atoms with Crippen LogP contribution < -0.4 is 15.0 Å². The van der Waals surface area contributed by atoms with Crippen molar-refractivity contribution in [1.29, 1.82) is 0 Å². The summed E-state index contributed by atoms with van der Waals surface area (Å²) in [5.74, 6) is -3.04. The third-order valence-electron chi connectivity index (χ3n) is 4.45. The number of carbonyl (C=O) groups is 4. The lowest BCUT2D eigenvalue weighted by molar-refractivity contribution is -0.123. The molecule has 1 aromatic heterocycles. The molecule has 0 atom stereocenters. The van der Waals surface area contributed by atoms with Crippen LogP contribution in [0.1, 0.15) is 30.4 Å². The molecule has 3 rings (SSSR count). The number of anilines is 1. The van der Waals surface area contributed by atoms with Crippen molar-refractivity contribution in [3.05, 3.63) is 82.0 Å². The van der Waals surface area contributed by atoms with E-state index in [0.717, 1.165) is 12.1 Å². The van der Waals surface area contributed by atoms with Crippen molar-refractivity contribution in [2.45, 2.75) is 6.61 Å². The Labute approximate surface area is 196 Å². The first-order valence-corrected chi connectivity index (χ1v) is 10.6. The number of rotatable bonds is 8. The molecule has 1 heterocycles. The number of ether oxygens (including phenoxy) is 2. The van der Waals surface area contributed by atoms with Crippen molar-refractivity contribution in [3.8, 4) is 5.75 Å². The topological polar surface area (TPSA) is 102 Å². The smallest absolute Gasteiger partial charge is 0.387 e. The van der Waals surface area contributed by atoms with Crippen LogP contribution in [0.3, 0.4) is 0 Å². The van der Waals surface area contributed by atoms with E-state index >= 15 is 0 Å². The minimum atomic E-state index is -3.00. The molecule has 0 saturated heterocycles. The zero-order valence-electron chi connectivity index (χ0n) is 17.7. The predicted molar refractivity (Wildman–Crippen MR) is 119 cm³/mol. The van der Waals surface area contributed by atoms with E-state index in [1.165, 1.54) is 41.5 Å². The van der Waals surface area contributed by atoms with Crippen molar-refractivity contribution in [3.63, 3.8) is 0 Å². The third kappa shape index (κ3) is 6.23. The second-order valence-corrected chi connectivity index (χ2v) is 7.66. The number of amides is 3. The third-order valence-corrected chi connectivity index (χ3v) is 5.31. The molecular formula is C23H18F2N2O6S. The van der Waals surface area contributed by atoms with Crippen LogP contribution in [0.15, 0.2) is 66.0 Å². The fourth-order valence-corrected chi connectivity index (χ4v) is 3.54. The van der Waals surface area contributed by atoms with Crippen molar-refractivity contribution >= 4 is 40.7 Å². The summed E-state index contributed by atoms with van der Waals surface area (Å²) in [5, 5.41) is 3.79. The molecule has 0 saturated carbocycles. The number of carbonyl (C=O) groups excluding carboxylic acids is 4. The summed E-state index contributed by atoms with van der Waals surface area (Å²) >= 11 is 1.26. The number of esters is 1. The molecule has 1 N–H and O–H groups in total. The fraction of sp³-hybridized carbons (Fsp3) is 0.130. The Morgan fingerprint density at radius 2 is 1.71 bits per heavy atom. The molecule has 0 aliphatic heterocycles. The van der Waals surface area contributed by atoms with E-state index in [1.807, 2.05) is 5.32 Å². The number of benzene rings is 2. The van der Waals surface area contributed by atoms with Gasteiger partial charge in [-0.15, -0.1) is 11.3 Å². The average Bonchev–Trinajstić information content (AvgIpc) is 3.36. The highest BCUT2D eigenvalue weighted by Gasteiger charge is 2.22. The van der Waals surface area contributed by atoms with E-state index in [2.05, 4.69) is 4.74 Å². The van der Waals surface area contributed by atoms with E-state index in [0.29, 0.717) is 4.88 Å². The van der Waals surface area contributed by atoms with E-state index in [4.69, 9.17) is 4.74 Å². The van der Waals surface area contributed by atoms with Crippen molar-refractivity contribution in [2.75, 3.05) is 18.6 Å². The van der Waals surface area contributed by atoms with Gasteiger partial charge in [-0.1, -0.05) is 18.2 Å². The van der Waals surface area contributed by atoms with Crippen LogP contribution in [0.5, 0.6) is 5.75 Å². The lowest BCUT2D eigenvalue weighted by Gasteiger charge is -2.19.